The van der Waals surface area contributed by atoms with Crippen molar-refractivity contribution >= 4 is 5.96 Å². The van der Waals surface area contributed by atoms with Gasteiger partial charge in [-0.25, -0.2) is 0 Å². The quantitative estimate of drug-likeness (QED) is 0.413. The summed E-state index contributed by atoms with van der Waals surface area (Å²) in [5, 5.41) is 10.6. The highest BCUT2D eigenvalue weighted by atomic mass is 16.5. The third kappa shape index (κ3) is 6.91. The van der Waals surface area contributed by atoms with Crippen molar-refractivity contribution in [2.24, 2.45) is 10.9 Å². The molecule has 136 valence electrons. The molecule has 2 rings (SSSR count). The molecule has 7 nitrogen and oxygen atoms in total. The number of nitrogens with one attached hydrogen (secondary N) is 2. The van der Waals surface area contributed by atoms with E-state index in [1.165, 1.54) is 12.8 Å². The summed E-state index contributed by atoms with van der Waals surface area (Å²) in [5.74, 6) is 2.67. The highest BCUT2D eigenvalue weighted by Gasteiger charge is 2.09. The molecule has 2 N–H and O–H groups in total. The van der Waals surface area contributed by atoms with Crippen molar-refractivity contribution in [3.05, 3.63) is 30.2 Å². The molecule has 0 unspecified atom stereocenters. The van der Waals surface area contributed by atoms with Gasteiger partial charge in [0, 0.05) is 32.8 Å². The van der Waals surface area contributed by atoms with Crippen LogP contribution in [-0.2, 0) is 6.42 Å². The number of guanidine groups is 1. The fourth-order valence-electron chi connectivity index (χ4n) is 2.35. The van der Waals surface area contributed by atoms with E-state index in [9.17, 15) is 0 Å². The van der Waals surface area contributed by atoms with E-state index in [2.05, 4.69) is 44.6 Å². The molecular weight excluding hydrogens is 316 g/mol. The summed E-state index contributed by atoms with van der Waals surface area (Å²) in [5.41, 5.74) is 0.688. The zero-order chi connectivity index (χ0) is 17.9. The van der Waals surface area contributed by atoms with Gasteiger partial charge in [-0.15, -0.1) is 0 Å². The zero-order valence-electron chi connectivity index (χ0n) is 15.3. The summed E-state index contributed by atoms with van der Waals surface area (Å²) < 4.78 is 5.25. The number of aliphatic imine (C=N–C) groups is 1. The maximum Gasteiger partial charge on any atom is 0.276 e. The molecule has 2 aromatic rings. The van der Waals surface area contributed by atoms with Crippen molar-refractivity contribution < 1.29 is 4.52 Å². The van der Waals surface area contributed by atoms with Crippen molar-refractivity contribution in [3.63, 3.8) is 0 Å². The van der Waals surface area contributed by atoms with Gasteiger partial charge in [0.2, 0.25) is 0 Å². The van der Waals surface area contributed by atoms with Gasteiger partial charge in [0.1, 0.15) is 5.69 Å². The number of unbranched alkanes of at least 4 members (excludes halogenated alkanes) is 1. The van der Waals surface area contributed by atoms with Gasteiger partial charge in [0.15, 0.2) is 11.8 Å². The minimum atomic E-state index is 0.447. The minimum absolute atomic E-state index is 0.447. The van der Waals surface area contributed by atoms with Crippen LogP contribution in [0, 0.1) is 5.92 Å². The van der Waals surface area contributed by atoms with Crippen LogP contribution in [0.3, 0.4) is 0 Å². The lowest BCUT2D eigenvalue weighted by Gasteiger charge is -2.11. The van der Waals surface area contributed by atoms with Crippen LogP contribution in [0.2, 0.25) is 0 Å². The largest absolute Gasteiger partial charge is 0.356 e. The number of pyridine rings is 1. The van der Waals surface area contributed by atoms with Crippen LogP contribution >= 0.6 is 0 Å². The van der Waals surface area contributed by atoms with Crippen molar-refractivity contribution in [1.82, 2.24) is 25.8 Å². The van der Waals surface area contributed by atoms with Crippen molar-refractivity contribution in [1.29, 1.82) is 0 Å². The van der Waals surface area contributed by atoms with E-state index in [1.54, 1.807) is 13.2 Å². The molecule has 2 aromatic heterocycles. The highest BCUT2D eigenvalue weighted by Crippen LogP contribution is 2.13. The molecule has 25 heavy (non-hydrogen) atoms. The van der Waals surface area contributed by atoms with Crippen LogP contribution in [0.4, 0.5) is 0 Å². The number of nitrogens with zero attached hydrogens (tertiary/aromatic N) is 4. The highest BCUT2D eigenvalue weighted by molar-refractivity contribution is 5.79. The molecule has 0 aliphatic heterocycles. The molecule has 0 aromatic carbocycles. The predicted octanol–water partition coefficient (Wildman–Crippen LogP) is 2.67. The lowest BCUT2D eigenvalue weighted by Crippen LogP contribution is -2.38. The molecule has 0 atom stereocenters. The van der Waals surface area contributed by atoms with Gasteiger partial charge < -0.3 is 15.2 Å². The molecule has 7 heteroatoms. The number of hydrogen-bond acceptors (Lipinski definition) is 5. The van der Waals surface area contributed by atoms with Gasteiger partial charge in [0.05, 0.1) is 0 Å². The van der Waals surface area contributed by atoms with Crippen LogP contribution in [0.15, 0.2) is 33.9 Å². The first-order valence-electron chi connectivity index (χ1n) is 8.87. The second-order valence-corrected chi connectivity index (χ2v) is 6.30. The normalized spacial score (nSPS) is 11.8. The third-order valence-electron chi connectivity index (χ3n) is 3.72. The Labute approximate surface area is 149 Å². The van der Waals surface area contributed by atoms with Crippen LogP contribution in [0.5, 0.6) is 0 Å². The summed E-state index contributed by atoms with van der Waals surface area (Å²) in [7, 11) is 1.77. The zero-order valence-corrected chi connectivity index (χ0v) is 15.3. The average molecular weight is 344 g/mol. The average Bonchev–Trinajstić information content (AvgIpc) is 3.09. The number of aromatic nitrogens is 3. The fourth-order valence-corrected chi connectivity index (χ4v) is 2.35. The Bertz CT molecular complexity index is 638. The topological polar surface area (TPSA) is 88.2 Å². The predicted molar refractivity (Wildman–Crippen MR) is 99.3 cm³/mol. The van der Waals surface area contributed by atoms with Gasteiger partial charge in [-0.3, -0.25) is 9.98 Å². The maximum atomic E-state index is 5.25. The molecule has 0 spiro atoms. The SMILES string of the molecule is CN=C(NCCCCC(C)C)NCCc1noc(-c2ccccn2)n1. The van der Waals surface area contributed by atoms with E-state index in [4.69, 9.17) is 4.52 Å². The molecule has 0 fully saturated rings. The minimum Gasteiger partial charge on any atom is -0.356 e. The standard InChI is InChI=1S/C18H28N6O/c1-14(2)8-4-6-12-21-18(19-3)22-13-10-16-23-17(25-24-16)15-9-5-7-11-20-15/h5,7,9,11,14H,4,6,8,10,12-13H2,1-3H3,(H2,19,21,22). The van der Waals surface area contributed by atoms with Crippen molar-refractivity contribution in [2.45, 2.75) is 39.5 Å². The number of rotatable bonds is 9. The van der Waals surface area contributed by atoms with Gasteiger partial charge in [-0.1, -0.05) is 37.9 Å². The second-order valence-electron chi connectivity index (χ2n) is 6.30. The molecule has 0 aliphatic rings. The van der Waals surface area contributed by atoms with E-state index >= 15 is 0 Å². The molecular formula is C18H28N6O. The van der Waals surface area contributed by atoms with Crippen LogP contribution < -0.4 is 10.6 Å². The van der Waals surface area contributed by atoms with Gasteiger partial charge >= 0.3 is 0 Å². The summed E-state index contributed by atoms with van der Waals surface area (Å²) in [6.45, 7) is 6.13. The molecule has 0 amide bonds. The van der Waals surface area contributed by atoms with E-state index in [0.717, 1.165) is 24.8 Å². The molecule has 2 heterocycles. The van der Waals surface area contributed by atoms with Crippen LogP contribution in [-0.4, -0.2) is 41.2 Å². The first-order chi connectivity index (χ1) is 12.2. The maximum absolute atomic E-state index is 5.25. The van der Waals surface area contributed by atoms with Crippen LogP contribution in [0.25, 0.3) is 11.6 Å². The third-order valence-corrected chi connectivity index (χ3v) is 3.72. The lowest BCUT2D eigenvalue weighted by molar-refractivity contribution is 0.421. The first kappa shape index (κ1) is 18.9. The summed E-state index contributed by atoms with van der Waals surface area (Å²) in [6, 6.07) is 5.59. The van der Waals surface area contributed by atoms with Gasteiger partial charge in [-0.05, 0) is 24.5 Å². The first-order valence-corrected chi connectivity index (χ1v) is 8.87. The summed E-state index contributed by atoms with van der Waals surface area (Å²) >= 11 is 0. The Morgan fingerprint density at radius 2 is 2.04 bits per heavy atom. The Hall–Kier alpha value is -2.44. The monoisotopic (exact) mass is 344 g/mol. The fraction of sp³-hybridized carbons (Fsp3) is 0.556. The Balaban J connectivity index is 1.68. The molecule has 0 aliphatic carbocycles. The molecule has 0 saturated heterocycles. The van der Waals surface area contributed by atoms with Gasteiger partial charge in [0.25, 0.3) is 5.89 Å². The smallest absolute Gasteiger partial charge is 0.276 e. The van der Waals surface area contributed by atoms with Crippen LogP contribution in [0.1, 0.15) is 38.9 Å². The molecule has 0 saturated carbocycles. The second kappa shape index (κ2) is 10.4. The Morgan fingerprint density at radius 3 is 2.76 bits per heavy atom. The Morgan fingerprint density at radius 1 is 1.20 bits per heavy atom. The van der Waals surface area contributed by atoms with E-state index in [-0.39, 0.29) is 0 Å². The van der Waals surface area contributed by atoms with E-state index < -0.39 is 0 Å². The molecule has 0 bridgehead atoms. The molecule has 0 radical (unpaired) electrons. The number of hydrogen-bond donors (Lipinski definition) is 2. The summed E-state index contributed by atoms with van der Waals surface area (Å²) in [4.78, 5) is 12.8. The van der Waals surface area contributed by atoms with Crippen molar-refractivity contribution in [2.75, 3.05) is 20.1 Å². The van der Waals surface area contributed by atoms with Gasteiger partial charge in [-0.2, -0.15) is 4.98 Å². The van der Waals surface area contributed by atoms with E-state index in [1.807, 2.05) is 18.2 Å². The Kier molecular flexibility index (Phi) is 7.88. The summed E-state index contributed by atoms with van der Waals surface area (Å²) in [6.07, 6.45) is 6.02. The van der Waals surface area contributed by atoms with E-state index in [0.29, 0.717) is 30.4 Å². The van der Waals surface area contributed by atoms with Crippen molar-refractivity contribution in [3.8, 4) is 11.6 Å². The lowest BCUT2D eigenvalue weighted by atomic mass is 10.1.